The van der Waals surface area contributed by atoms with Crippen molar-refractivity contribution in [3.8, 4) is 5.75 Å². The number of rotatable bonds is 4. The van der Waals surface area contributed by atoms with Crippen LogP contribution in [-0.4, -0.2) is 18.2 Å². The number of carbonyl (C=O) groups is 1. The third-order valence-electron chi connectivity index (χ3n) is 4.72. The molecule has 1 heterocycles. The monoisotopic (exact) mass is 328 g/mol. The van der Waals surface area contributed by atoms with Crippen molar-refractivity contribution in [3.63, 3.8) is 0 Å². The predicted molar refractivity (Wildman–Crippen MR) is 96.3 cm³/mol. The molecule has 0 saturated heterocycles. The highest BCUT2D eigenvalue weighted by Crippen LogP contribution is 2.48. The molecule has 24 heavy (non-hydrogen) atoms. The minimum Gasteiger partial charge on any atom is -0.493 e. The zero-order valence-electron chi connectivity index (χ0n) is 15.3. The highest BCUT2D eigenvalue weighted by Gasteiger charge is 2.34. The summed E-state index contributed by atoms with van der Waals surface area (Å²) < 4.78 is 11.4. The van der Waals surface area contributed by atoms with E-state index in [2.05, 4.69) is 19.1 Å². The molecule has 0 amide bonds. The van der Waals surface area contributed by atoms with E-state index >= 15 is 0 Å². The molecule has 1 unspecified atom stereocenters. The van der Waals surface area contributed by atoms with Crippen LogP contribution in [0, 0.1) is 0 Å². The number of aryl methyl sites for hydroxylation is 1. The summed E-state index contributed by atoms with van der Waals surface area (Å²) in [7, 11) is 0. The van der Waals surface area contributed by atoms with Crippen molar-refractivity contribution >= 4 is 11.5 Å². The minimum absolute atomic E-state index is 0.242. The highest BCUT2D eigenvalue weighted by molar-refractivity contribution is 5.93. The van der Waals surface area contributed by atoms with Gasteiger partial charge >= 0.3 is 5.97 Å². The largest absolute Gasteiger partial charge is 0.493 e. The van der Waals surface area contributed by atoms with Gasteiger partial charge in [-0.05, 0) is 69.2 Å². The smallest absolute Gasteiger partial charge is 0.331 e. The Morgan fingerprint density at radius 1 is 1.38 bits per heavy atom. The topological polar surface area (TPSA) is 35.5 Å². The lowest BCUT2D eigenvalue weighted by Crippen LogP contribution is -2.23. The van der Waals surface area contributed by atoms with E-state index in [4.69, 9.17) is 9.47 Å². The fourth-order valence-electron chi connectivity index (χ4n) is 3.71. The van der Waals surface area contributed by atoms with E-state index < -0.39 is 5.60 Å². The number of esters is 1. The number of hydrogen-bond donors (Lipinski definition) is 0. The Balaban J connectivity index is 1.99. The van der Waals surface area contributed by atoms with Gasteiger partial charge in [-0.15, -0.1) is 0 Å². The van der Waals surface area contributed by atoms with Crippen molar-refractivity contribution in [2.75, 3.05) is 6.61 Å². The highest BCUT2D eigenvalue weighted by atomic mass is 16.6. The first-order chi connectivity index (χ1) is 11.4. The first-order valence-electron chi connectivity index (χ1n) is 9.11. The Bertz CT molecular complexity index is 664. The maximum atomic E-state index is 12.3. The number of hydrogen-bond acceptors (Lipinski definition) is 3. The predicted octanol–water partition coefficient (Wildman–Crippen LogP) is 5.02. The fraction of sp³-hybridized carbons (Fsp3) is 0.571. The van der Waals surface area contributed by atoms with Crippen LogP contribution < -0.4 is 4.74 Å². The van der Waals surface area contributed by atoms with Gasteiger partial charge in [-0.25, -0.2) is 4.79 Å². The minimum atomic E-state index is -0.460. The number of unbranched alkanes of at least 4 members (excludes halogenated alkanes) is 1. The normalized spacial score (nSPS) is 20.7. The van der Waals surface area contributed by atoms with Crippen LogP contribution in [0.4, 0.5) is 0 Å². The molecule has 1 aromatic carbocycles. The molecule has 0 radical (unpaired) electrons. The molecule has 130 valence electrons. The van der Waals surface area contributed by atoms with Crippen molar-refractivity contribution < 1.29 is 14.3 Å². The van der Waals surface area contributed by atoms with Crippen LogP contribution in [0.1, 0.15) is 76.0 Å². The van der Waals surface area contributed by atoms with Gasteiger partial charge in [0, 0.05) is 17.6 Å². The van der Waals surface area contributed by atoms with Gasteiger partial charge < -0.3 is 9.47 Å². The summed E-state index contributed by atoms with van der Waals surface area (Å²) in [6.45, 7) is 8.70. The van der Waals surface area contributed by atoms with E-state index in [1.807, 2.05) is 20.8 Å². The number of carbonyl (C=O) groups excluding carboxylic acids is 1. The van der Waals surface area contributed by atoms with E-state index in [1.165, 1.54) is 23.1 Å². The SMILES string of the molecule is CCCCc1ccc2c3c1/C(=C/C(=O)OC(C)(C)C)CCC3CO2. The molecule has 0 N–H and O–H groups in total. The van der Waals surface area contributed by atoms with Gasteiger partial charge in [-0.1, -0.05) is 19.4 Å². The number of ether oxygens (including phenoxy) is 2. The molecule has 0 bridgehead atoms. The van der Waals surface area contributed by atoms with E-state index in [0.717, 1.165) is 43.6 Å². The van der Waals surface area contributed by atoms with Gasteiger partial charge in [0.2, 0.25) is 0 Å². The van der Waals surface area contributed by atoms with Crippen molar-refractivity contribution in [1.29, 1.82) is 0 Å². The Morgan fingerprint density at radius 2 is 2.17 bits per heavy atom. The van der Waals surface area contributed by atoms with Crippen LogP contribution in [0.2, 0.25) is 0 Å². The van der Waals surface area contributed by atoms with Gasteiger partial charge in [0.15, 0.2) is 0 Å². The summed E-state index contributed by atoms with van der Waals surface area (Å²) in [5, 5.41) is 0. The molecule has 2 aliphatic rings. The molecular weight excluding hydrogens is 300 g/mol. The lowest BCUT2D eigenvalue weighted by Gasteiger charge is -2.25. The number of benzene rings is 1. The molecule has 0 saturated carbocycles. The summed E-state index contributed by atoms with van der Waals surface area (Å²) in [5.74, 6) is 1.24. The molecule has 0 aromatic heterocycles. The lowest BCUT2D eigenvalue weighted by atomic mass is 9.78. The first kappa shape index (κ1) is 17.1. The molecule has 3 nitrogen and oxygen atoms in total. The summed E-state index contributed by atoms with van der Waals surface area (Å²) in [6.07, 6.45) is 7.07. The Labute approximate surface area is 145 Å². The maximum absolute atomic E-state index is 12.3. The summed E-state index contributed by atoms with van der Waals surface area (Å²) in [5.41, 5.74) is 4.60. The van der Waals surface area contributed by atoms with Crippen molar-refractivity contribution in [3.05, 3.63) is 34.9 Å². The Morgan fingerprint density at radius 3 is 2.88 bits per heavy atom. The fourth-order valence-corrected chi connectivity index (χ4v) is 3.71. The van der Waals surface area contributed by atoms with Crippen LogP contribution in [0.25, 0.3) is 5.57 Å². The molecule has 3 heteroatoms. The summed E-state index contributed by atoms with van der Waals surface area (Å²) >= 11 is 0. The average Bonchev–Trinajstić information content (AvgIpc) is 2.91. The van der Waals surface area contributed by atoms with Crippen LogP contribution in [-0.2, 0) is 16.0 Å². The third-order valence-corrected chi connectivity index (χ3v) is 4.72. The van der Waals surface area contributed by atoms with E-state index in [-0.39, 0.29) is 5.97 Å². The zero-order chi connectivity index (χ0) is 17.3. The molecule has 1 atom stereocenters. The summed E-state index contributed by atoms with van der Waals surface area (Å²) in [4.78, 5) is 12.3. The van der Waals surface area contributed by atoms with E-state index in [1.54, 1.807) is 6.08 Å². The Kier molecular flexibility index (Phi) is 4.71. The van der Waals surface area contributed by atoms with Gasteiger partial charge in [0.25, 0.3) is 0 Å². The Hall–Kier alpha value is -1.77. The third kappa shape index (κ3) is 3.50. The van der Waals surface area contributed by atoms with Crippen LogP contribution in [0.3, 0.4) is 0 Å². The molecule has 1 aliphatic heterocycles. The standard InChI is InChI=1S/C21H28O3/c1-5-6-7-14-10-11-17-20-16(13-23-17)9-8-15(19(14)20)12-18(22)24-21(2,3)4/h10-12,16H,5-9,13H2,1-4H3/b15-12+. The van der Waals surface area contributed by atoms with Crippen LogP contribution >= 0.6 is 0 Å². The van der Waals surface area contributed by atoms with Gasteiger partial charge in [-0.2, -0.15) is 0 Å². The molecule has 0 spiro atoms. The van der Waals surface area contributed by atoms with Crippen molar-refractivity contribution in [2.24, 2.45) is 0 Å². The molecule has 1 aromatic rings. The van der Waals surface area contributed by atoms with Crippen LogP contribution in [0.15, 0.2) is 18.2 Å². The second-order valence-electron chi connectivity index (χ2n) is 7.86. The van der Waals surface area contributed by atoms with Gasteiger partial charge in [-0.3, -0.25) is 0 Å². The zero-order valence-corrected chi connectivity index (χ0v) is 15.3. The second kappa shape index (κ2) is 6.62. The first-order valence-corrected chi connectivity index (χ1v) is 9.11. The molecule has 0 fully saturated rings. The number of allylic oxidation sites excluding steroid dienone is 1. The van der Waals surface area contributed by atoms with Gasteiger partial charge in [0.1, 0.15) is 11.4 Å². The van der Waals surface area contributed by atoms with Crippen molar-refractivity contribution in [2.45, 2.75) is 71.3 Å². The molecule has 3 rings (SSSR count). The maximum Gasteiger partial charge on any atom is 0.331 e. The lowest BCUT2D eigenvalue weighted by molar-refractivity contribution is -0.148. The van der Waals surface area contributed by atoms with E-state index in [0.29, 0.717) is 5.92 Å². The molecular formula is C21H28O3. The quantitative estimate of drug-likeness (QED) is 0.575. The average molecular weight is 328 g/mol. The van der Waals surface area contributed by atoms with Gasteiger partial charge in [0.05, 0.1) is 6.61 Å². The second-order valence-corrected chi connectivity index (χ2v) is 7.86. The van der Waals surface area contributed by atoms with E-state index in [9.17, 15) is 4.79 Å². The van der Waals surface area contributed by atoms with Crippen LogP contribution in [0.5, 0.6) is 5.75 Å². The summed E-state index contributed by atoms with van der Waals surface area (Å²) in [6, 6.07) is 4.29. The molecule has 1 aliphatic carbocycles. The van der Waals surface area contributed by atoms with Crippen molar-refractivity contribution in [1.82, 2.24) is 0 Å².